The van der Waals surface area contributed by atoms with Crippen molar-refractivity contribution in [1.29, 1.82) is 0 Å². The number of amides is 1. The topological polar surface area (TPSA) is 60.3 Å². The standard InChI is InChI=1S/C11H13F3N2O3/c1-19-10(18)15-8(4-5-11(12,13)14)9(17)16-6-2-3-7-16/h2-3,6-8H,4-5H2,1H3,(H,15,18). The predicted molar refractivity (Wildman–Crippen MR) is 59.7 cm³/mol. The molecule has 0 aliphatic heterocycles. The second-order valence-electron chi connectivity index (χ2n) is 3.77. The zero-order chi connectivity index (χ0) is 14.5. The molecule has 19 heavy (non-hydrogen) atoms. The number of nitrogens with one attached hydrogen (secondary N) is 1. The fraction of sp³-hybridized carbons (Fsp3) is 0.455. The molecule has 1 heterocycles. The smallest absolute Gasteiger partial charge is 0.407 e. The summed E-state index contributed by atoms with van der Waals surface area (Å²) in [6, 6.07) is 1.81. The molecule has 0 aliphatic rings. The maximum Gasteiger partial charge on any atom is 0.407 e. The van der Waals surface area contributed by atoms with E-state index in [1.807, 2.05) is 0 Å². The van der Waals surface area contributed by atoms with E-state index in [4.69, 9.17) is 0 Å². The highest BCUT2D eigenvalue weighted by Crippen LogP contribution is 2.22. The maximum absolute atomic E-state index is 12.2. The van der Waals surface area contributed by atoms with Gasteiger partial charge in [0.2, 0.25) is 0 Å². The van der Waals surface area contributed by atoms with Crippen LogP contribution in [0.3, 0.4) is 0 Å². The van der Waals surface area contributed by atoms with Crippen LogP contribution in [0.5, 0.6) is 0 Å². The lowest BCUT2D eigenvalue weighted by molar-refractivity contribution is -0.136. The number of hydrogen-bond acceptors (Lipinski definition) is 3. The fourth-order valence-corrected chi connectivity index (χ4v) is 1.43. The molecule has 0 fully saturated rings. The molecule has 0 spiro atoms. The number of carbonyl (C=O) groups excluding carboxylic acids is 2. The first kappa shape index (κ1) is 15.1. The Balaban J connectivity index is 2.74. The van der Waals surface area contributed by atoms with E-state index in [0.717, 1.165) is 11.7 Å². The Morgan fingerprint density at radius 2 is 1.89 bits per heavy atom. The fourth-order valence-electron chi connectivity index (χ4n) is 1.43. The lowest BCUT2D eigenvalue weighted by atomic mass is 10.1. The summed E-state index contributed by atoms with van der Waals surface area (Å²) in [5.74, 6) is -0.653. The summed E-state index contributed by atoms with van der Waals surface area (Å²) in [4.78, 5) is 22.9. The Kier molecular flexibility index (Phi) is 4.96. The van der Waals surface area contributed by atoms with Gasteiger partial charge in [-0.1, -0.05) is 0 Å². The lowest BCUT2D eigenvalue weighted by Gasteiger charge is -2.18. The number of carbonyl (C=O) groups is 2. The van der Waals surface area contributed by atoms with E-state index >= 15 is 0 Å². The van der Waals surface area contributed by atoms with Crippen LogP contribution in [0, 0.1) is 0 Å². The predicted octanol–water partition coefficient (Wildman–Crippen LogP) is 2.20. The van der Waals surface area contributed by atoms with E-state index in [0.29, 0.717) is 0 Å². The van der Waals surface area contributed by atoms with Gasteiger partial charge in [-0.2, -0.15) is 13.2 Å². The Labute approximate surface area is 107 Å². The van der Waals surface area contributed by atoms with Gasteiger partial charge in [0.15, 0.2) is 0 Å². The van der Waals surface area contributed by atoms with Crippen LogP contribution in [0.1, 0.15) is 17.6 Å². The largest absolute Gasteiger partial charge is 0.453 e. The van der Waals surface area contributed by atoms with Gasteiger partial charge in [-0.15, -0.1) is 0 Å². The lowest BCUT2D eigenvalue weighted by Crippen LogP contribution is -2.43. The van der Waals surface area contributed by atoms with Gasteiger partial charge in [0.05, 0.1) is 7.11 Å². The van der Waals surface area contributed by atoms with Crippen molar-refractivity contribution in [3.05, 3.63) is 24.5 Å². The molecule has 1 N–H and O–H groups in total. The molecule has 1 amide bonds. The summed E-state index contributed by atoms with van der Waals surface area (Å²) >= 11 is 0. The van der Waals surface area contributed by atoms with Crippen molar-refractivity contribution in [3.8, 4) is 0 Å². The monoisotopic (exact) mass is 278 g/mol. The van der Waals surface area contributed by atoms with Crippen molar-refractivity contribution in [2.45, 2.75) is 25.1 Å². The SMILES string of the molecule is COC(=O)NC(CCC(F)(F)F)C(=O)n1cccc1. The zero-order valence-corrected chi connectivity index (χ0v) is 10.1. The first-order chi connectivity index (χ1) is 8.83. The number of nitrogens with zero attached hydrogens (tertiary/aromatic N) is 1. The number of hydrogen-bond donors (Lipinski definition) is 1. The number of rotatable bonds is 4. The van der Waals surface area contributed by atoms with Crippen molar-refractivity contribution in [1.82, 2.24) is 9.88 Å². The minimum atomic E-state index is -4.40. The van der Waals surface area contributed by atoms with E-state index in [1.54, 1.807) is 12.1 Å². The summed E-state index contributed by atoms with van der Waals surface area (Å²) < 4.78 is 41.9. The molecule has 0 aromatic carbocycles. The van der Waals surface area contributed by atoms with Crippen LogP contribution in [0.2, 0.25) is 0 Å². The molecule has 1 rings (SSSR count). The molecule has 1 aromatic heterocycles. The quantitative estimate of drug-likeness (QED) is 0.918. The first-order valence-corrected chi connectivity index (χ1v) is 5.42. The van der Waals surface area contributed by atoms with Gasteiger partial charge in [-0.3, -0.25) is 9.36 Å². The van der Waals surface area contributed by atoms with Crippen molar-refractivity contribution in [2.24, 2.45) is 0 Å². The average Bonchev–Trinajstić information content (AvgIpc) is 2.85. The Hall–Kier alpha value is -1.99. The molecule has 0 saturated heterocycles. The number of aromatic nitrogens is 1. The van der Waals surface area contributed by atoms with Gasteiger partial charge >= 0.3 is 12.3 Å². The molecule has 106 valence electrons. The molecule has 0 bridgehead atoms. The van der Waals surface area contributed by atoms with E-state index in [-0.39, 0.29) is 0 Å². The second kappa shape index (κ2) is 6.26. The number of halogens is 3. The van der Waals surface area contributed by atoms with Gasteiger partial charge in [0.1, 0.15) is 6.04 Å². The maximum atomic E-state index is 12.2. The molecule has 1 atom stereocenters. The number of alkyl halides is 3. The van der Waals surface area contributed by atoms with E-state index in [9.17, 15) is 22.8 Å². The van der Waals surface area contributed by atoms with Crippen molar-refractivity contribution in [3.63, 3.8) is 0 Å². The molecule has 8 heteroatoms. The number of ether oxygens (including phenoxy) is 1. The van der Waals surface area contributed by atoms with Gasteiger partial charge in [-0.25, -0.2) is 4.79 Å². The van der Waals surface area contributed by atoms with Crippen LogP contribution >= 0.6 is 0 Å². The minimum absolute atomic E-state index is 0.546. The summed E-state index contributed by atoms with van der Waals surface area (Å²) in [6.07, 6.45) is -4.28. The van der Waals surface area contributed by atoms with Crippen LogP contribution in [0.4, 0.5) is 18.0 Å². The summed E-state index contributed by atoms with van der Waals surface area (Å²) in [5, 5.41) is 2.10. The summed E-state index contributed by atoms with van der Waals surface area (Å²) in [6.45, 7) is 0. The third kappa shape index (κ3) is 5.02. The van der Waals surface area contributed by atoms with Crippen molar-refractivity contribution < 1.29 is 27.5 Å². The Morgan fingerprint density at radius 3 is 2.37 bits per heavy atom. The number of methoxy groups -OCH3 is 1. The molecule has 0 aliphatic carbocycles. The average molecular weight is 278 g/mol. The second-order valence-corrected chi connectivity index (χ2v) is 3.77. The highest BCUT2D eigenvalue weighted by Gasteiger charge is 2.31. The highest BCUT2D eigenvalue weighted by molar-refractivity contribution is 5.87. The first-order valence-electron chi connectivity index (χ1n) is 5.42. The van der Waals surface area contributed by atoms with Crippen LogP contribution in [-0.4, -0.2) is 35.9 Å². The molecule has 5 nitrogen and oxygen atoms in total. The van der Waals surface area contributed by atoms with E-state index in [2.05, 4.69) is 10.1 Å². The highest BCUT2D eigenvalue weighted by atomic mass is 19.4. The molecule has 1 aromatic rings. The van der Waals surface area contributed by atoms with Gasteiger partial charge < -0.3 is 10.1 Å². The third-order valence-corrected chi connectivity index (χ3v) is 2.35. The third-order valence-electron chi connectivity index (χ3n) is 2.35. The van der Waals surface area contributed by atoms with Gasteiger partial charge in [0.25, 0.3) is 5.91 Å². The molecule has 0 radical (unpaired) electrons. The van der Waals surface area contributed by atoms with E-state index < -0.39 is 37.1 Å². The van der Waals surface area contributed by atoms with Crippen molar-refractivity contribution >= 4 is 12.0 Å². The molecule has 0 saturated carbocycles. The zero-order valence-electron chi connectivity index (χ0n) is 10.1. The Bertz CT molecular complexity index is 429. The summed E-state index contributed by atoms with van der Waals surface area (Å²) in [5.41, 5.74) is 0. The molecular formula is C11H13F3N2O3. The molecule has 1 unspecified atom stereocenters. The van der Waals surface area contributed by atoms with Crippen LogP contribution in [-0.2, 0) is 4.74 Å². The molecular weight excluding hydrogens is 265 g/mol. The van der Waals surface area contributed by atoms with Crippen LogP contribution in [0.15, 0.2) is 24.5 Å². The van der Waals surface area contributed by atoms with Crippen molar-refractivity contribution in [2.75, 3.05) is 7.11 Å². The van der Waals surface area contributed by atoms with Crippen LogP contribution < -0.4 is 5.32 Å². The Morgan fingerprint density at radius 1 is 1.32 bits per heavy atom. The van der Waals surface area contributed by atoms with Crippen LogP contribution in [0.25, 0.3) is 0 Å². The normalized spacial score (nSPS) is 12.8. The number of alkyl carbamates (subject to hydrolysis) is 1. The van der Waals surface area contributed by atoms with E-state index in [1.165, 1.54) is 12.4 Å². The summed E-state index contributed by atoms with van der Waals surface area (Å²) in [7, 11) is 1.07. The van der Waals surface area contributed by atoms with Gasteiger partial charge in [0, 0.05) is 18.8 Å². The van der Waals surface area contributed by atoms with Gasteiger partial charge in [-0.05, 0) is 18.6 Å². The minimum Gasteiger partial charge on any atom is -0.453 e.